The van der Waals surface area contributed by atoms with Crippen LogP contribution < -0.4 is 10.7 Å². The molecule has 1 fully saturated rings. The van der Waals surface area contributed by atoms with Gasteiger partial charge in [0.25, 0.3) is 0 Å². The summed E-state index contributed by atoms with van der Waals surface area (Å²) in [6.45, 7) is 9.16. The van der Waals surface area contributed by atoms with E-state index >= 15 is 0 Å². The summed E-state index contributed by atoms with van der Waals surface area (Å²) < 4.78 is 9.06. The fourth-order valence-electron chi connectivity index (χ4n) is 5.25. The molecule has 2 aromatic carbocycles. The summed E-state index contributed by atoms with van der Waals surface area (Å²) >= 11 is 0. The first-order valence-corrected chi connectivity index (χ1v) is 12.3. The molecular formula is C28H27N7O2. The molecule has 0 unspecified atom stereocenters. The van der Waals surface area contributed by atoms with Gasteiger partial charge in [-0.15, -0.1) is 0 Å². The van der Waals surface area contributed by atoms with Crippen molar-refractivity contribution >= 4 is 28.1 Å². The molecule has 6 rings (SSSR count). The average Bonchev–Trinajstić information content (AvgIpc) is 3.52. The van der Waals surface area contributed by atoms with Gasteiger partial charge in [-0.05, 0) is 44.6 Å². The summed E-state index contributed by atoms with van der Waals surface area (Å²) in [5.74, 6) is 0.500. The molecule has 186 valence electrons. The number of imidazole rings is 1. The molecule has 0 bridgehead atoms. The second-order valence-electron chi connectivity index (χ2n) is 9.73. The van der Waals surface area contributed by atoms with Gasteiger partial charge in [-0.3, -0.25) is 8.97 Å². The van der Waals surface area contributed by atoms with Crippen LogP contribution >= 0.6 is 0 Å². The topological polar surface area (TPSA) is 76.2 Å². The van der Waals surface area contributed by atoms with Gasteiger partial charge < -0.3 is 14.2 Å². The summed E-state index contributed by atoms with van der Waals surface area (Å²) in [5, 5.41) is 0. The smallest absolute Gasteiger partial charge is 0.408 e. The molecule has 3 aromatic heterocycles. The van der Waals surface area contributed by atoms with E-state index in [9.17, 15) is 4.79 Å². The number of oxazole rings is 1. The SMILES string of the molecule is [C-]#[N+]c1ccc(-c2nc(N3CCC(N(C)C)CC3)c3cncn3c2-c2ccc3c(c2)oc(=O)n3C)cc1. The Morgan fingerprint density at radius 1 is 1.05 bits per heavy atom. The lowest BCUT2D eigenvalue weighted by Crippen LogP contribution is -2.42. The lowest BCUT2D eigenvalue weighted by Gasteiger charge is -2.36. The molecule has 0 saturated carbocycles. The van der Waals surface area contributed by atoms with Crippen molar-refractivity contribution < 1.29 is 4.42 Å². The fraction of sp³-hybridized carbons (Fsp3) is 0.286. The monoisotopic (exact) mass is 493 g/mol. The molecule has 1 aliphatic rings. The predicted molar refractivity (Wildman–Crippen MR) is 144 cm³/mol. The Morgan fingerprint density at radius 3 is 2.49 bits per heavy atom. The second kappa shape index (κ2) is 8.91. The number of rotatable bonds is 4. The second-order valence-corrected chi connectivity index (χ2v) is 9.73. The third-order valence-corrected chi connectivity index (χ3v) is 7.38. The third-order valence-electron chi connectivity index (χ3n) is 7.38. The normalized spacial score (nSPS) is 14.6. The van der Waals surface area contributed by atoms with Crippen LogP contribution in [0.25, 0.3) is 44.0 Å². The highest BCUT2D eigenvalue weighted by molar-refractivity contribution is 5.88. The van der Waals surface area contributed by atoms with Crippen molar-refractivity contribution in [3.63, 3.8) is 0 Å². The minimum Gasteiger partial charge on any atom is -0.408 e. The zero-order chi connectivity index (χ0) is 25.7. The first kappa shape index (κ1) is 23.0. The maximum Gasteiger partial charge on any atom is 0.419 e. The minimum atomic E-state index is -0.399. The number of hydrogen-bond acceptors (Lipinski definition) is 6. The molecule has 0 amide bonds. The summed E-state index contributed by atoms with van der Waals surface area (Å²) in [4.78, 5) is 30.1. The molecule has 0 atom stereocenters. The molecule has 5 aromatic rings. The summed E-state index contributed by atoms with van der Waals surface area (Å²) in [7, 11) is 5.97. The maximum atomic E-state index is 12.1. The van der Waals surface area contributed by atoms with Gasteiger partial charge in [0.1, 0.15) is 5.52 Å². The number of nitrogens with zero attached hydrogens (tertiary/aromatic N) is 7. The van der Waals surface area contributed by atoms with E-state index in [1.54, 1.807) is 7.05 Å². The Morgan fingerprint density at radius 2 is 1.78 bits per heavy atom. The Kier molecular flexibility index (Phi) is 5.54. The molecule has 37 heavy (non-hydrogen) atoms. The van der Waals surface area contributed by atoms with E-state index in [4.69, 9.17) is 16.0 Å². The van der Waals surface area contributed by atoms with E-state index in [0.29, 0.717) is 17.3 Å². The van der Waals surface area contributed by atoms with E-state index in [2.05, 4.69) is 38.1 Å². The highest BCUT2D eigenvalue weighted by atomic mass is 16.4. The molecule has 0 aliphatic carbocycles. The van der Waals surface area contributed by atoms with Crippen LogP contribution in [0.3, 0.4) is 0 Å². The molecule has 0 spiro atoms. The Hall–Kier alpha value is -4.42. The highest BCUT2D eigenvalue weighted by Gasteiger charge is 2.26. The van der Waals surface area contributed by atoms with Crippen LogP contribution in [0.15, 0.2) is 64.2 Å². The summed E-state index contributed by atoms with van der Waals surface area (Å²) in [5.41, 5.74) is 6.14. The van der Waals surface area contributed by atoms with E-state index < -0.39 is 5.76 Å². The molecule has 1 aliphatic heterocycles. The number of anilines is 1. The van der Waals surface area contributed by atoms with Crippen molar-refractivity contribution in [2.45, 2.75) is 18.9 Å². The molecule has 9 heteroatoms. The standard InChI is InChI=1S/C28H27N7O2/c1-29-20-8-5-18(6-9-20)25-26(19-7-10-22-24(15-19)37-28(36)33(22)4)35-17-30-16-23(35)27(31-25)34-13-11-21(12-14-34)32(2)3/h5-10,15-17,21H,11-14H2,2-4H3. The minimum absolute atomic E-state index is 0.399. The van der Waals surface area contributed by atoms with Crippen LogP contribution in [-0.2, 0) is 7.05 Å². The van der Waals surface area contributed by atoms with Crippen LogP contribution in [0, 0.1) is 6.57 Å². The van der Waals surface area contributed by atoms with Gasteiger partial charge >= 0.3 is 5.76 Å². The molecule has 9 nitrogen and oxygen atoms in total. The maximum absolute atomic E-state index is 12.1. The van der Waals surface area contributed by atoms with Gasteiger partial charge in [0.2, 0.25) is 0 Å². The van der Waals surface area contributed by atoms with Gasteiger partial charge in [0, 0.05) is 31.7 Å². The summed E-state index contributed by atoms with van der Waals surface area (Å²) in [6.07, 6.45) is 5.80. The number of piperidine rings is 1. The molecule has 0 radical (unpaired) electrons. The lowest BCUT2D eigenvalue weighted by molar-refractivity contribution is 0.249. The van der Waals surface area contributed by atoms with Crippen molar-refractivity contribution in [1.29, 1.82) is 0 Å². The first-order chi connectivity index (χ1) is 17.9. The molecule has 1 saturated heterocycles. The van der Waals surface area contributed by atoms with Crippen LogP contribution in [0.4, 0.5) is 11.5 Å². The van der Waals surface area contributed by atoms with E-state index in [1.807, 2.05) is 55.0 Å². The third kappa shape index (κ3) is 3.86. The molecular weight excluding hydrogens is 466 g/mol. The summed E-state index contributed by atoms with van der Waals surface area (Å²) in [6, 6.07) is 13.8. The van der Waals surface area contributed by atoms with Crippen LogP contribution in [0.2, 0.25) is 0 Å². The first-order valence-electron chi connectivity index (χ1n) is 12.3. The quantitative estimate of drug-likeness (QED) is 0.341. The van der Waals surface area contributed by atoms with Crippen molar-refractivity contribution in [2.24, 2.45) is 7.05 Å². The fourth-order valence-corrected chi connectivity index (χ4v) is 5.25. The Labute approximate surface area is 214 Å². The largest absolute Gasteiger partial charge is 0.419 e. The number of aromatic nitrogens is 4. The Balaban J connectivity index is 1.56. The highest BCUT2D eigenvalue weighted by Crippen LogP contribution is 2.37. The van der Waals surface area contributed by atoms with Gasteiger partial charge in [-0.25, -0.2) is 19.6 Å². The van der Waals surface area contributed by atoms with Gasteiger partial charge in [0.05, 0.1) is 36.0 Å². The van der Waals surface area contributed by atoms with Crippen LogP contribution in [0.1, 0.15) is 12.8 Å². The van der Waals surface area contributed by atoms with Crippen molar-refractivity contribution in [3.8, 4) is 22.5 Å². The number of benzene rings is 2. The molecule has 4 heterocycles. The number of fused-ring (bicyclic) bond motifs is 2. The van der Waals surface area contributed by atoms with E-state index in [-0.39, 0.29) is 0 Å². The van der Waals surface area contributed by atoms with Crippen LogP contribution in [-0.4, -0.2) is 57.1 Å². The van der Waals surface area contributed by atoms with Crippen molar-refractivity contribution in [3.05, 3.63) is 77.0 Å². The van der Waals surface area contributed by atoms with E-state index in [0.717, 1.165) is 65.3 Å². The van der Waals surface area contributed by atoms with E-state index in [1.165, 1.54) is 4.57 Å². The lowest BCUT2D eigenvalue weighted by atomic mass is 10.0. The van der Waals surface area contributed by atoms with Gasteiger partial charge in [-0.2, -0.15) is 0 Å². The zero-order valence-electron chi connectivity index (χ0n) is 21.0. The Bertz CT molecular complexity index is 1710. The van der Waals surface area contributed by atoms with Crippen molar-refractivity contribution in [2.75, 3.05) is 32.1 Å². The predicted octanol–water partition coefficient (Wildman–Crippen LogP) is 4.59. The number of hydrogen-bond donors (Lipinski definition) is 0. The van der Waals surface area contributed by atoms with Crippen LogP contribution in [0.5, 0.6) is 0 Å². The van der Waals surface area contributed by atoms with Gasteiger partial charge in [-0.1, -0.05) is 30.3 Å². The molecule has 0 N–H and O–H groups in total. The average molecular weight is 494 g/mol. The zero-order valence-corrected chi connectivity index (χ0v) is 21.0. The number of aryl methyl sites for hydroxylation is 1. The van der Waals surface area contributed by atoms with Gasteiger partial charge in [0.15, 0.2) is 17.1 Å². The van der Waals surface area contributed by atoms with Crippen molar-refractivity contribution in [1.82, 2.24) is 23.8 Å².